The molecule has 0 saturated heterocycles. The number of hydrogen-bond acceptors (Lipinski definition) is 2. The van der Waals surface area contributed by atoms with E-state index in [9.17, 15) is 8.78 Å². The number of halogens is 2. The van der Waals surface area contributed by atoms with E-state index in [4.69, 9.17) is 0 Å². The fourth-order valence-corrected chi connectivity index (χ4v) is 0.430. The van der Waals surface area contributed by atoms with Crippen molar-refractivity contribution in [3.05, 3.63) is 24.3 Å². The second-order valence-corrected chi connectivity index (χ2v) is 1.43. The molecule has 0 N–H and O–H groups in total. The van der Waals surface area contributed by atoms with Gasteiger partial charge in [-0.2, -0.15) is 0 Å². The first kappa shape index (κ1) is 6.07. The molecule has 0 saturated carbocycles. The van der Waals surface area contributed by atoms with Gasteiger partial charge in [-0.3, -0.25) is 0 Å². The van der Waals surface area contributed by atoms with Crippen molar-refractivity contribution >= 4 is 0 Å². The van der Waals surface area contributed by atoms with E-state index >= 15 is 0 Å². The third-order valence-corrected chi connectivity index (χ3v) is 0.828. The second-order valence-electron chi connectivity index (χ2n) is 1.43. The van der Waals surface area contributed by atoms with Crippen molar-refractivity contribution in [2.45, 2.75) is 6.43 Å². The van der Waals surface area contributed by atoms with Crippen LogP contribution in [0, 0.1) is 0 Å². The number of alkyl halides is 2. The van der Waals surface area contributed by atoms with Crippen LogP contribution in [0.5, 0.6) is 0 Å². The number of nitrogens with zero attached hydrogens (tertiary/aromatic N) is 2. The molecular formula is C5H4F2N2. The SMILES string of the molecule is FC(F)c1ccncn1. The average molecular weight is 130 g/mol. The first-order valence-corrected chi connectivity index (χ1v) is 2.35. The first-order valence-electron chi connectivity index (χ1n) is 2.35. The largest absolute Gasteiger partial charge is 0.280 e. The monoisotopic (exact) mass is 130 g/mol. The van der Waals surface area contributed by atoms with Gasteiger partial charge in [0.1, 0.15) is 12.0 Å². The third-order valence-electron chi connectivity index (χ3n) is 0.828. The molecule has 1 rings (SSSR count). The topological polar surface area (TPSA) is 25.8 Å². The summed E-state index contributed by atoms with van der Waals surface area (Å²) in [5.41, 5.74) is -0.231. The second kappa shape index (κ2) is 2.48. The van der Waals surface area contributed by atoms with Crippen LogP contribution >= 0.6 is 0 Å². The van der Waals surface area contributed by atoms with Crippen LogP contribution < -0.4 is 0 Å². The van der Waals surface area contributed by atoms with E-state index in [1.54, 1.807) is 0 Å². The average Bonchev–Trinajstić information content (AvgIpc) is 1.90. The van der Waals surface area contributed by atoms with Crippen molar-refractivity contribution in [3.63, 3.8) is 0 Å². The summed E-state index contributed by atoms with van der Waals surface area (Å²) in [6.07, 6.45) is -0.108. The zero-order valence-electron chi connectivity index (χ0n) is 4.46. The molecule has 0 amide bonds. The first-order chi connectivity index (χ1) is 4.30. The maximum absolute atomic E-state index is 11.7. The van der Waals surface area contributed by atoms with E-state index in [0.29, 0.717) is 0 Å². The van der Waals surface area contributed by atoms with Gasteiger partial charge in [0.2, 0.25) is 0 Å². The highest BCUT2D eigenvalue weighted by molar-refractivity contribution is 4.98. The lowest BCUT2D eigenvalue weighted by Gasteiger charge is -1.92. The molecule has 0 aromatic carbocycles. The summed E-state index contributed by atoms with van der Waals surface area (Å²) in [5.74, 6) is 0. The minimum atomic E-state index is -2.49. The van der Waals surface area contributed by atoms with Gasteiger partial charge in [-0.15, -0.1) is 0 Å². The lowest BCUT2D eigenvalue weighted by Crippen LogP contribution is -1.88. The standard InChI is InChI=1S/C5H4F2N2/c6-5(7)4-1-2-8-3-9-4/h1-3,5H. The van der Waals surface area contributed by atoms with Gasteiger partial charge in [0.15, 0.2) is 0 Å². The lowest BCUT2D eigenvalue weighted by atomic mass is 10.4. The van der Waals surface area contributed by atoms with Gasteiger partial charge >= 0.3 is 0 Å². The van der Waals surface area contributed by atoms with Gasteiger partial charge in [0, 0.05) is 6.20 Å². The molecule has 1 aromatic heterocycles. The van der Waals surface area contributed by atoms with Crippen LogP contribution in [-0.2, 0) is 0 Å². The van der Waals surface area contributed by atoms with Crippen molar-refractivity contribution in [1.82, 2.24) is 9.97 Å². The molecule has 0 unspecified atom stereocenters. The Morgan fingerprint density at radius 2 is 2.22 bits per heavy atom. The number of hydrogen-bond donors (Lipinski definition) is 0. The quantitative estimate of drug-likeness (QED) is 0.574. The van der Waals surface area contributed by atoms with E-state index in [1.807, 2.05) is 0 Å². The zero-order valence-corrected chi connectivity index (χ0v) is 4.46. The predicted octanol–water partition coefficient (Wildman–Crippen LogP) is 1.41. The molecule has 0 atom stereocenters. The molecule has 0 aliphatic rings. The van der Waals surface area contributed by atoms with Gasteiger partial charge in [-0.05, 0) is 6.07 Å². The van der Waals surface area contributed by atoms with Crippen LogP contribution in [0.15, 0.2) is 18.6 Å². The van der Waals surface area contributed by atoms with Crippen LogP contribution in [0.25, 0.3) is 0 Å². The van der Waals surface area contributed by atoms with Crippen LogP contribution in [0.2, 0.25) is 0 Å². The summed E-state index contributed by atoms with van der Waals surface area (Å²) >= 11 is 0. The molecule has 2 nitrogen and oxygen atoms in total. The predicted molar refractivity (Wildman–Crippen MR) is 27.0 cm³/mol. The highest BCUT2D eigenvalue weighted by Gasteiger charge is 2.05. The Hall–Kier alpha value is -1.06. The minimum absolute atomic E-state index is 0.231. The Kier molecular flexibility index (Phi) is 1.67. The molecule has 1 aromatic rings. The van der Waals surface area contributed by atoms with Gasteiger partial charge in [-0.1, -0.05) is 0 Å². The highest BCUT2D eigenvalue weighted by Crippen LogP contribution is 2.13. The molecule has 0 aliphatic heterocycles. The summed E-state index contributed by atoms with van der Waals surface area (Å²) in [6, 6.07) is 1.19. The fraction of sp³-hybridized carbons (Fsp3) is 0.200. The molecular weight excluding hydrogens is 126 g/mol. The van der Waals surface area contributed by atoms with Crippen molar-refractivity contribution in [1.29, 1.82) is 0 Å². The van der Waals surface area contributed by atoms with Crippen molar-refractivity contribution in [3.8, 4) is 0 Å². The Labute approximate surface area is 50.6 Å². The third kappa shape index (κ3) is 1.42. The number of aromatic nitrogens is 2. The summed E-state index contributed by atoms with van der Waals surface area (Å²) in [7, 11) is 0. The Morgan fingerprint density at radius 1 is 1.44 bits per heavy atom. The molecule has 0 radical (unpaired) electrons. The smallest absolute Gasteiger partial charge is 0.245 e. The van der Waals surface area contributed by atoms with Crippen LogP contribution in [0.1, 0.15) is 12.1 Å². The van der Waals surface area contributed by atoms with E-state index < -0.39 is 6.43 Å². The minimum Gasteiger partial charge on any atom is -0.245 e. The molecule has 1 heterocycles. The molecule has 0 fully saturated rings. The van der Waals surface area contributed by atoms with Gasteiger partial charge in [-0.25, -0.2) is 18.7 Å². The zero-order chi connectivity index (χ0) is 6.69. The molecule has 0 spiro atoms. The van der Waals surface area contributed by atoms with Gasteiger partial charge in [0.25, 0.3) is 6.43 Å². The lowest BCUT2D eigenvalue weighted by molar-refractivity contribution is 0.146. The van der Waals surface area contributed by atoms with Gasteiger partial charge in [0.05, 0.1) is 0 Å². The van der Waals surface area contributed by atoms with E-state index in [0.717, 1.165) is 6.33 Å². The fourth-order valence-electron chi connectivity index (χ4n) is 0.430. The van der Waals surface area contributed by atoms with Crippen molar-refractivity contribution < 1.29 is 8.78 Å². The normalized spacial score (nSPS) is 10.1. The molecule has 0 bridgehead atoms. The summed E-state index contributed by atoms with van der Waals surface area (Å²) < 4.78 is 23.4. The highest BCUT2D eigenvalue weighted by atomic mass is 19.3. The van der Waals surface area contributed by atoms with Crippen LogP contribution in [-0.4, -0.2) is 9.97 Å². The van der Waals surface area contributed by atoms with E-state index in [-0.39, 0.29) is 5.69 Å². The molecule has 0 aliphatic carbocycles. The number of rotatable bonds is 1. The summed E-state index contributed by atoms with van der Waals surface area (Å²) in [6.45, 7) is 0. The summed E-state index contributed by atoms with van der Waals surface area (Å²) in [5, 5.41) is 0. The molecule has 48 valence electrons. The molecule has 4 heteroatoms. The van der Waals surface area contributed by atoms with E-state index in [2.05, 4.69) is 9.97 Å². The maximum Gasteiger partial charge on any atom is 0.280 e. The van der Waals surface area contributed by atoms with Crippen LogP contribution in [0.4, 0.5) is 8.78 Å². The Bertz CT molecular complexity index is 176. The Balaban J connectivity index is 2.85. The molecule has 9 heavy (non-hydrogen) atoms. The Morgan fingerprint density at radius 3 is 2.56 bits per heavy atom. The van der Waals surface area contributed by atoms with Crippen LogP contribution in [0.3, 0.4) is 0 Å². The van der Waals surface area contributed by atoms with Gasteiger partial charge < -0.3 is 0 Å². The summed E-state index contributed by atoms with van der Waals surface area (Å²) in [4.78, 5) is 6.80. The van der Waals surface area contributed by atoms with Crippen molar-refractivity contribution in [2.24, 2.45) is 0 Å². The maximum atomic E-state index is 11.7. The van der Waals surface area contributed by atoms with E-state index in [1.165, 1.54) is 12.3 Å². The van der Waals surface area contributed by atoms with Crippen molar-refractivity contribution in [2.75, 3.05) is 0 Å².